The quantitative estimate of drug-likeness (QED) is 0.210. The van der Waals surface area contributed by atoms with Crippen molar-refractivity contribution in [2.24, 2.45) is 0 Å². The molecular weight excluding hydrogens is 366 g/mol. The number of esters is 1. The number of nitrogens with zero attached hydrogens (tertiary/aromatic N) is 1. The summed E-state index contributed by atoms with van der Waals surface area (Å²) >= 11 is 3.54. The zero-order valence-electron chi connectivity index (χ0n) is 15.7. The van der Waals surface area contributed by atoms with Crippen molar-refractivity contribution in [3.63, 3.8) is 0 Å². The molecule has 0 aliphatic heterocycles. The first-order chi connectivity index (χ1) is 11.9. The van der Waals surface area contributed by atoms with Gasteiger partial charge < -0.3 is 4.74 Å². The largest absolute Gasteiger partial charge is 0.462 e. The molecule has 1 rings (SSSR count). The molecule has 6 heteroatoms. The first kappa shape index (κ1) is 22.1. The number of aromatic nitrogens is 1. The zero-order chi connectivity index (χ0) is 18.7. The van der Waals surface area contributed by atoms with E-state index in [1.807, 2.05) is 25.1 Å². The van der Waals surface area contributed by atoms with Gasteiger partial charge in [0.25, 0.3) is 0 Å². The maximum Gasteiger partial charge on any atom is 0.340 e. The Bertz CT molecular complexity index is 588. The minimum absolute atomic E-state index is 0.259. The lowest BCUT2D eigenvalue weighted by Gasteiger charge is -2.22. The van der Waals surface area contributed by atoms with Crippen molar-refractivity contribution in [2.75, 3.05) is 17.7 Å². The second-order valence-electron chi connectivity index (χ2n) is 6.42. The minimum atomic E-state index is -1.38. The van der Waals surface area contributed by atoms with Gasteiger partial charge in [-0.1, -0.05) is 32.2 Å². The second-order valence-corrected chi connectivity index (χ2v) is 14.4. The topological polar surface area (TPSA) is 39.2 Å². The fourth-order valence-electron chi connectivity index (χ4n) is 2.12. The highest BCUT2D eigenvalue weighted by Crippen LogP contribution is 2.38. The summed E-state index contributed by atoms with van der Waals surface area (Å²) in [5.41, 5.74) is 1.48. The van der Waals surface area contributed by atoms with Crippen LogP contribution >= 0.6 is 23.5 Å². The lowest BCUT2D eigenvalue weighted by Crippen LogP contribution is -2.28. The SMILES string of the molecule is C=CC[Si](C)(C)CSC(SCCC)=C(C(=O)OCC)c1cccnc1. The van der Waals surface area contributed by atoms with Gasteiger partial charge >= 0.3 is 5.97 Å². The fraction of sp³-hybridized carbons (Fsp3) is 0.474. The summed E-state index contributed by atoms with van der Waals surface area (Å²) in [6.07, 6.45) is 6.54. The first-order valence-corrected chi connectivity index (χ1v) is 14.0. The van der Waals surface area contributed by atoms with E-state index in [4.69, 9.17) is 4.74 Å². The Morgan fingerprint density at radius 2 is 2.12 bits per heavy atom. The Labute approximate surface area is 161 Å². The molecule has 0 atom stereocenters. The van der Waals surface area contributed by atoms with Crippen LogP contribution in [0.3, 0.4) is 0 Å². The van der Waals surface area contributed by atoms with E-state index in [1.165, 1.54) is 0 Å². The predicted molar refractivity (Wildman–Crippen MR) is 115 cm³/mol. The highest BCUT2D eigenvalue weighted by molar-refractivity contribution is 8.23. The molecule has 1 aromatic rings. The van der Waals surface area contributed by atoms with Gasteiger partial charge in [0.1, 0.15) is 0 Å². The average molecular weight is 396 g/mol. The highest BCUT2D eigenvalue weighted by Gasteiger charge is 2.24. The number of carbonyl (C=O) groups is 1. The Hall–Kier alpha value is -0.983. The summed E-state index contributed by atoms with van der Waals surface area (Å²) in [6, 6.07) is 4.86. The maximum atomic E-state index is 12.7. The molecule has 0 aromatic carbocycles. The molecule has 0 spiro atoms. The van der Waals surface area contributed by atoms with E-state index in [0.29, 0.717) is 12.2 Å². The van der Waals surface area contributed by atoms with E-state index in [-0.39, 0.29) is 5.97 Å². The standard InChI is InChI=1S/C19H29NO2S2Si/c1-6-12-23-19(24-15-25(4,5)13-7-2)17(18(21)22-8-3)16-10-9-11-20-14-16/h7,9-11,14H,2,6,8,12-13,15H2,1,3-5H3. The second kappa shape index (κ2) is 11.6. The molecule has 25 heavy (non-hydrogen) atoms. The smallest absolute Gasteiger partial charge is 0.340 e. The minimum Gasteiger partial charge on any atom is -0.462 e. The van der Waals surface area contributed by atoms with E-state index < -0.39 is 8.07 Å². The van der Waals surface area contributed by atoms with Crippen LogP contribution in [0.15, 0.2) is 41.4 Å². The summed E-state index contributed by atoms with van der Waals surface area (Å²) in [4.78, 5) is 16.8. The molecule has 0 N–H and O–H groups in total. The molecule has 0 saturated carbocycles. The number of allylic oxidation sites excluding steroid dienone is 1. The summed E-state index contributed by atoms with van der Waals surface area (Å²) in [6.45, 7) is 13.0. The fourth-order valence-corrected chi connectivity index (χ4v) is 7.66. The summed E-state index contributed by atoms with van der Waals surface area (Å²) < 4.78 is 6.40. The van der Waals surface area contributed by atoms with Gasteiger partial charge in [-0.25, -0.2) is 4.79 Å². The molecule has 0 unspecified atom stereocenters. The van der Waals surface area contributed by atoms with Crippen LogP contribution in [0.5, 0.6) is 0 Å². The van der Waals surface area contributed by atoms with Crippen LogP contribution in [0.25, 0.3) is 5.57 Å². The number of ether oxygens (including phenoxy) is 1. The van der Waals surface area contributed by atoms with Gasteiger partial charge in [0, 0.05) is 18.0 Å². The van der Waals surface area contributed by atoms with Gasteiger partial charge in [0.2, 0.25) is 0 Å². The van der Waals surface area contributed by atoms with Crippen LogP contribution in [0.1, 0.15) is 25.8 Å². The van der Waals surface area contributed by atoms with Gasteiger partial charge in [0.05, 0.1) is 24.5 Å². The van der Waals surface area contributed by atoms with Gasteiger partial charge in [-0.05, 0) is 36.6 Å². The Balaban J connectivity index is 3.23. The van der Waals surface area contributed by atoms with Crippen molar-refractivity contribution < 1.29 is 9.53 Å². The monoisotopic (exact) mass is 395 g/mol. The Kier molecular flexibility index (Phi) is 10.2. The number of hydrogen-bond acceptors (Lipinski definition) is 5. The van der Waals surface area contributed by atoms with E-state index in [1.54, 1.807) is 35.9 Å². The Morgan fingerprint density at radius 3 is 2.68 bits per heavy atom. The van der Waals surface area contributed by atoms with Gasteiger partial charge in [0.15, 0.2) is 0 Å². The van der Waals surface area contributed by atoms with Gasteiger partial charge in [-0.2, -0.15) is 0 Å². The van der Waals surface area contributed by atoms with E-state index in [9.17, 15) is 4.79 Å². The number of rotatable bonds is 11. The van der Waals surface area contributed by atoms with Crippen LogP contribution in [0.2, 0.25) is 19.1 Å². The molecule has 1 heterocycles. The first-order valence-electron chi connectivity index (χ1n) is 8.63. The van der Waals surface area contributed by atoms with Crippen LogP contribution < -0.4 is 0 Å². The molecule has 0 radical (unpaired) electrons. The van der Waals surface area contributed by atoms with Crippen LogP contribution in [-0.4, -0.2) is 36.8 Å². The van der Waals surface area contributed by atoms with E-state index in [0.717, 1.165) is 33.4 Å². The van der Waals surface area contributed by atoms with Crippen molar-refractivity contribution in [2.45, 2.75) is 39.4 Å². The van der Waals surface area contributed by atoms with Crippen LogP contribution in [-0.2, 0) is 9.53 Å². The molecule has 0 saturated heterocycles. The summed E-state index contributed by atoms with van der Waals surface area (Å²) in [7, 11) is -1.38. The molecule has 3 nitrogen and oxygen atoms in total. The van der Waals surface area contributed by atoms with Gasteiger partial charge in [-0.15, -0.1) is 30.1 Å². The van der Waals surface area contributed by atoms with Crippen molar-refractivity contribution in [1.82, 2.24) is 4.98 Å². The van der Waals surface area contributed by atoms with E-state index >= 15 is 0 Å². The lowest BCUT2D eigenvalue weighted by atomic mass is 10.1. The van der Waals surface area contributed by atoms with Crippen molar-refractivity contribution in [3.8, 4) is 0 Å². The third kappa shape index (κ3) is 7.84. The number of carbonyl (C=O) groups excluding carboxylic acids is 1. The predicted octanol–water partition coefficient (Wildman–Crippen LogP) is 5.62. The lowest BCUT2D eigenvalue weighted by molar-refractivity contribution is -0.136. The van der Waals surface area contributed by atoms with Gasteiger partial charge in [-0.3, -0.25) is 4.98 Å². The number of pyridine rings is 1. The molecule has 1 aromatic heterocycles. The van der Waals surface area contributed by atoms with E-state index in [2.05, 4.69) is 31.6 Å². The van der Waals surface area contributed by atoms with Crippen molar-refractivity contribution >= 4 is 43.1 Å². The molecule has 0 aliphatic carbocycles. The maximum absolute atomic E-state index is 12.7. The van der Waals surface area contributed by atoms with Crippen LogP contribution in [0, 0.1) is 0 Å². The van der Waals surface area contributed by atoms with Crippen molar-refractivity contribution in [3.05, 3.63) is 47.0 Å². The highest BCUT2D eigenvalue weighted by atomic mass is 32.2. The average Bonchev–Trinajstić information content (AvgIpc) is 2.58. The number of thioether (sulfide) groups is 2. The zero-order valence-corrected chi connectivity index (χ0v) is 18.3. The third-order valence-electron chi connectivity index (χ3n) is 3.36. The number of hydrogen-bond donors (Lipinski definition) is 0. The Morgan fingerprint density at radius 1 is 1.36 bits per heavy atom. The molecule has 0 aliphatic rings. The summed E-state index contributed by atoms with van der Waals surface area (Å²) in [5.74, 6) is 0.722. The van der Waals surface area contributed by atoms with Crippen LogP contribution in [0.4, 0.5) is 0 Å². The van der Waals surface area contributed by atoms with Crippen molar-refractivity contribution in [1.29, 1.82) is 0 Å². The molecule has 0 fully saturated rings. The molecule has 0 bridgehead atoms. The third-order valence-corrected chi connectivity index (χ3v) is 10.7. The molecule has 0 amide bonds. The normalized spacial score (nSPS) is 12.5. The molecular formula is C19H29NO2S2Si. The summed E-state index contributed by atoms with van der Waals surface area (Å²) in [5, 5.41) is 1.05. The molecule has 138 valence electrons.